The van der Waals surface area contributed by atoms with Crippen molar-refractivity contribution in [1.29, 1.82) is 0 Å². The third kappa shape index (κ3) is 10.7. The Morgan fingerprint density at radius 2 is 1.59 bits per heavy atom. The molecule has 3 unspecified atom stereocenters. The molecule has 0 spiro atoms. The third-order valence-electron chi connectivity index (χ3n) is 6.56. The number of phenolic OH excluding ortho intramolecular Hbond substituents is 1. The number of hydrogen-bond donors (Lipinski definition) is 5. The second-order valence-corrected chi connectivity index (χ2v) is 10.8. The van der Waals surface area contributed by atoms with Gasteiger partial charge in [-0.15, -0.1) is 0 Å². The molecule has 0 bridgehead atoms. The van der Waals surface area contributed by atoms with E-state index in [1.165, 1.54) is 13.0 Å². The average Bonchev–Trinajstić information content (AvgIpc) is 2.85. The van der Waals surface area contributed by atoms with Crippen molar-refractivity contribution in [2.75, 3.05) is 0 Å². The molecule has 4 atom stereocenters. The second-order valence-electron chi connectivity index (χ2n) is 10.8. The highest BCUT2D eigenvalue weighted by Gasteiger charge is 2.30. The maximum absolute atomic E-state index is 13.5. The molecule has 9 heteroatoms. The van der Waals surface area contributed by atoms with Crippen molar-refractivity contribution in [2.45, 2.75) is 84.5 Å². The van der Waals surface area contributed by atoms with Crippen LogP contribution in [0.25, 0.3) is 0 Å². The fraction of sp³-hybridized carbons (Fsp3) is 0.500. The standard InChI is InChI=1S/C30H42FN3O5/c1-18(2)11-13-23(33-30(39)28(19(3)4)32-20(5)35)17-27(37)25(15-21-9-7-6-8-10-21)34-29(38)24-14-12-22(31)16-26(24)36/h6-10,12,14,16,18-19,23,25,27-28,36-37H,11,13,15,17H2,1-5H3,(H,32,35)(H,33,39)(H,34,38)/t23?,25?,27-,28?/m0/s1. The van der Waals surface area contributed by atoms with E-state index in [1.807, 2.05) is 44.2 Å². The lowest BCUT2D eigenvalue weighted by molar-refractivity contribution is -0.129. The molecule has 2 rings (SSSR count). The molecular formula is C30H42FN3O5. The molecule has 0 saturated heterocycles. The topological polar surface area (TPSA) is 128 Å². The Kier molecular flexibility index (Phi) is 12.4. The number of halogens is 1. The number of aliphatic hydroxyl groups excluding tert-OH is 1. The summed E-state index contributed by atoms with van der Waals surface area (Å²) in [4.78, 5) is 37.8. The van der Waals surface area contributed by atoms with Gasteiger partial charge < -0.3 is 26.2 Å². The smallest absolute Gasteiger partial charge is 0.255 e. The molecule has 39 heavy (non-hydrogen) atoms. The number of amides is 3. The number of phenols is 1. The van der Waals surface area contributed by atoms with Crippen LogP contribution in [0.1, 0.15) is 69.8 Å². The molecule has 0 aromatic heterocycles. The summed E-state index contributed by atoms with van der Waals surface area (Å²) in [6, 6.07) is 10.5. The third-order valence-corrected chi connectivity index (χ3v) is 6.56. The molecule has 2 aromatic rings. The first-order chi connectivity index (χ1) is 18.4. The lowest BCUT2D eigenvalue weighted by Crippen LogP contribution is -2.53. The van der Waals surface area contributed by atoms with Gasteiger partial charge in [-0.25, -0.2) is 4.39 Å². The molecular weight excluding hydrogens is 501 g/mol. The van der Waals surface area contributed by atoms with E-state index >= 15 is 0 Å². The predicted molar refractivity (Wildman–Crippen MR) is 149 cm³/mol. The van der Waals surface area contributed by atoms with Gasteiger partial charge in [0.15, 0.2) is 0 Å². The first-order valence-electron chi connectivity index (χ1n) is 13.5. The van der Waals surface area contributed by atoms with E-state index in [9.17, 15) is 29.0 Å². The summed E-state index contributed by atoms with van der Waals surface area (Å²) in [7, 11) is 0. The molecule has 0 saturated carbocycles. The number of hydrogen-bond acceptors (Lipinski definition) is 5. The largest absolute Gasteiger partial charge is 0.507 e. The van der Waals surface area contributed by atoms with Gasteiger partial charge in [0.25, 0.3) is 5.91 Å². The number of aliphatic hydroxyl groups is 1. The SMILES string of the molecule is CC(=O)NC(C(=O)NC(CCC(C)C)C[C@H](O)C(Cc1ccccc1)NC(=O)c1ccc(F)cc1O)C(C)C. The van der Waals surface area contributed by atoms with Gasteiger partial charge in [-0.05, 0) is 55.2 Å². The molecule has 5 N–H and O–H groups in total. The monoisotopic (exact) mass is 543 g/mol. The zero-order valence-electron chi connectivity index (χ0n) is 23.4. The number of benzene rings is 2. The van der Waals surface area contributed by atoms with Gasteiger partial charge >= 0.3 is 0 Å². The number of carbonyl (C=O) groups is 3. The normalized spacial score (nSPS) is 14.4. The van der Waals surface area contributed by atoms with Crippen molar-refractivity contribution < 1.29 is 29.0 Å². The fourth-order valence-electron chi connectivity index (χ4n) is 4.38. The Morgan fingerprint density at radius 1 is 0.923 bits per heavy atom. The predicted octanol–water partition coefficient (Wildman–Crippen LogP) is 3.71. The Labute approximate surface area is 230 Å². The minimum absolute atomic E-state index is 0.110. The van der Waals surface area contributed by atoms with Crippen molar-refractivity contribution >= 4 is 17.7 Å². The van der Waals surface area contributed by atoms with Crippen LogP contribution >= 0.6 is 0 Å². The lowest BCUT2D eigenvalue weighted by Gasteiger charge is -2.30. The maximum Gasteiger partial charge on any atom is 0.255 e. The van der Waals surface area contributed by atoms with Gasteiger partial charge in [-0.1, -0.05) is 58.0 Å². The van der Waals surface area contributed by atoms with Crippen molar-refractivity contribution in [2.24, 2.45) is 11.8 Å². The highest BCUT2D eigenvalue weighted by Crippen LogP contribution is 2.20. The highest BCUT2D eigenvalue weighted by molar-refractivity contribution is 5.97. The zero-order chi connectivity index (χ0) is 29.1. The van der Waals surface area contributed by atoms with E-state index in [-0.39, 0.29) is 29.7 Å². The zero-order valence-corrected chi connectivity index (χ0v) is 23.4. The first kappa shape index (κ1) is 31.8. The Morgan fingerprint density at radius 3 is 2.15 bits per heavy atom. The Balaban J connectivity index is 2.27. The van der Waals surface area contributed by atoms with Gasteiger partial charge in [0.2, 0.25) is 11.8 Å². The van der Waals surface area contributed by atoms with Crippen LogP contribution in [-0.4, -0.2) is 52.2 Å². The van der Waals surface area contributed by atoms with Crippen LogP contribution in [0.2, 0.25) is 0 Å². The summed E-state index contributed by atoms with van der Waals surface area (Å²) < 4.78 is 13.5. The fourth-order valence-corrected chi connectivity index (χ4v) is 4.38. The summed E-state index contributed by atoms with van der Waals surface area (Å²) in [6.07, 6.45) is 0.768. The van der Waals surface area contributed by atoms with Crippen LogP contribution in [0.3, 0.4) is 0 Å². The molecule has 0 radical (unpaired) electrons. The number of rotatable bonds is 14. The van der Waals surface area contributed by atoms with Crippen LogP contribution in [0.5, 0.6) is 5.75 Å². The van der Waals surface area contributed by atoms with E-state index in [4.69, 9.17) is 0 Å². The van der Waals surface area contributed by atoms with Gasteiger partial charge in [-0.3, -0.25) is 14.4 Å². The van der Waals surface area contributed by atoms with Crippen LogP contribution in [-0.2, 0) is 16.0 Å². The van der Waals surface area contributed by atoms with E-state index < -0.39 is 41.7 Å². The molecule has 0 aliphatic heterocycles. The van der Waals surface area contributed by atoms with Crippen molar-refractivity contribution in [1.82, 2.24) is 16.0 Å². The Hall–Kier alpha value is -3.46. The van der Waals surface area contributed by atoms with Crippen LogP contribution in [0.4, 0.5) is 4.39 Å². The van der Waals surface area contributed by atoms with Crippen LogP contribution in [0.15, 0.2) is 48.5 Å². The highest BCUT2D eigenvalue weighted by atomic mass is 19.1. The van der Waals surface area contributed by atoms with Gasteiger partial charge in [-0.2, -0.15) is 0 Å². The van der Waals surface area contributed by atoms with Crippen molar-refractivity contribution in [3.05, 3.63) is 65.5 Å². The summed E-state index contributed by atoms with van der Waals surface area (Å²) in [5.41, 5.74) is 0.764. The number of nitrogens with one attached hydrogen (secondary N) is 3. The van der Waals surface area contributed by atoms with Crippen molar-refractivity contribution in [3.63, 3.8) is 0 Å². The quantitative estimate of drug-likeness (QED) is 0.248. The minimum atomic E-state index is -1.06. The van der Waals surface area contributed by atoms with E-state index in [0.717, 1.165) is 24.1 Å². The first-order valence-corrected chi connectivity index (χ1v) is 13.5. The summed E-state index contributed by atoms with van der Waals surface area (Å²) >= 11 is 0. The molecule has 0 fully saturated rings. The molecule has 0 heterocycles. The second kappa shape index (κ2) is 15.2. The van der Waals surface area contributed by atoms with Gasteiger partial charge in [0, 0.05) is 19.0 Å². The minimum Gasteiger partial charge on any atom is -0.507 e. The van der Waals surface area contributed by atoms with Crippen molar-refractivity contribution in [3.8, 4) is 5.75 Å². The average molecular weight is 544 g/mol. The lowest BCUT2D eigenvalue weighted by atomic mass is 9.92. The number of carbonyl (C=O) groups excluding carboxylic acids is 3. The molecule has 8 nitrogen and oxygen atoms in total. The Bertz CT molecular complexity index is 1090. The molecule has 0 aliphatic rings. The molecule has 214 valence electrons. The van der Waals surface area contributed by atoms with Crippen LogP contribution in [0, 0.1) is 17.7 Å². The van der Waals surface area contributed by atoms with Gasteiger partial charge in [0.05, 0.1) is 17.7 Å². The summed E-state index contributed by atoms with van der Waals surface area (Å²) in [6.45, 7) is 9.18. The molecule has 3 amide bonds. The number of aromatic hydroxyl groups is 1. The maximum atomic E-state index is 13.5. The molecule has 0 aliphatic carbocycles. The van der Waals surface area contributed by atoms with E-state index in [0.29, 0.717) is 18.8 Å². The summed E-state index contributed by atoms with van der Waals surface area (Å²) in [5, 5.41) is 29.9. The van der Waals surface area contributed by atoms with Gasteiger partial charge in [0.1, 0.15) is 17.6 Å². The van der Waals surface area contributed by atoms with E-state index in [1.54, 1.807) is 0 Å². The summed E-state index contributed by atoms with van der Waals surface area (Å²) in [5.74, 6) is -2.25. The van der Waals surface area contributed by atoms with E-state index in [2.05, 4.69) is 29.8 Å². The van der Waals surface area contributed by atoms with Crippen LogP contribution < -0.4 is 16.0 Å². The molecule has 2 aromatic carbocycles.